The number of hydrogen-bond acceptors (Lipinski definition) is 10. The summed E-state index contributed by atoms with van der Waals surface area (Å²) in [6.07, 6.45) is -0.0230. The number of fused-ring (bicyclic) bond motifs is 1. The van der Waals surface area contributed by atoms with Gasteiger partial charge in [-0.15, -0.1) is 0 Å². The Bertz CT molecular complexity index is 1130. The summed E-state index contributed by atoms with van der Waals surface area (Å²) in [7, 11) is 0. The van der Waals surface area contributed by atoms with Crippen LogP contribution in [0.2, 0.25) is 0 Å². The number of anilines is 1. The van der Waals surface area contributed by atoms with Gasteiger partial charge in [-0.3, -0.25) is 9.36 Å². The number of nitrogens with one attached hydrogen (secondary N) is 1. The lowest BCUT2D eigenvalue weighted by molar-refractivity contribution is -0.138. The SMILES string of the molecule is Nc1ncnc2c1ncn2[C@@H]1O[C@H](C[C@H](CC[C@H](N)C(=O)O)CNCc2ccccc2)[C@@H](O)[C@H]1O. The molecule has 0 radical (unpaired) electrons. The van der Waals surface area contributed by atoms with Crippen molar-refractivity contribution in [3.05, 3.63) is 48.5 Å². The largest absolute Gasteiger partial charge is 0.480 e. The molecule has 0 unspecified atom stereocenters. The van der Waals surface area contributed by atoms with E-state index in [0.717, 1.165) is 5.56 Å². The number of benzene rings is 1. The van der Waals surface area contributed by atoms with Gasteiger partial charge in [-0.1, -0.05) is 30.3 Å². The topological polar surface area (TPSA) is 195 Å². The molecule has 8 N–H and O–H groups in total. The molecule has 0 bridgehead atoms. The zero-order valence-electron chi connectivity index (χ0n) is 19.1. The highest BCUT2D eigenvalue weighted by Crippen LogP contribution is 2.35. The Balaban J connectivity index is 1.44. The summed E-state index contributed by atoms with van der Waals surface area (Å²) < 4.78 is 7.61. The lowest BCUT2D eigenvalue weighted by Gasteiger charge is -2.23. The zero-order chi connectivity index (χ0) is 24.9. The van der Waals surface area contributed by atoms with Crippen molar-refractivity contribution >= 4 is 23.0 Å². The van der Waals surface area contributed by atoms with Gasteiger partial charge in [0.05, 0.1) is 12.4 Å². The van der Waals surface area contributed by atoms with Crippen LogP contribution in [0.25, 0.3) is 11.2 Å². The minimum Gasteiger partial charge on any atom is -0.480 e. The van der Waals surface area contributed by atoms with Crippen LogP contribution >= 0.6 is 0 Å². The molecule has 2 aromatic heterocycles. The number of nitrogens with zero attached hydrogens (tertiary/aromatic N) is 4. The second-order valence-corrected chi connectivity index (χ2v) is 8.87. The number of ether oxygens (including phenoxy) is 1. The van der Waals surface area contributed by atoms with E-state index in [2.05, 4.69) is 20.3 Å². The van der Waals surface area contributed by atoms with Gasteiger partial charge in [0.25, 0.3) is 0 Å². The molecule has 1 aliphatic rings. The molecular weight excluding hydrogens is 454 g/mol. The molecule has 1 aliphatic heterocycles. The first-order valence-electron chi connectivity index (χ1n) is 11.5. The molecule has 3 aromatic rings. The number of aromatic nitrogens is 4. The van der Waals surface area contributed by atoms with Gasteiger partial charge in [0.2, 0.25) is 0 Å². The Labute approximate surface area is 202 Å². The van der Waals surface area contributed by atoms with E-state index in [1.807, 2.05) is 30.3 Å². The van der Waals surface area contributed by atoms with Crippen LogP contribution in [0, 0.1) is 5.92 Å². The van der Waals surface area contributed by atoms with Crippen molar-refractivity contribution in [1.29, 1.82) is 0 Å². The molecule has 6 atom stereocenters. The van der Waals surface area contributed by atoms with E-state index >= 15 is 0 Å². The Hall–Kier alpha value is -3.16. The van der Waals surface area contributed by atoms with Crippen LogP contribution in [0.1, 0.15) is 31.1 Å². The standard InChI is InChI=1S/C23H31N7O5/c24-15(23(33)34)7-6-14(10-26-9-13-4-2-1-3-5-13)8-16-18(31)19(32)22(35-16)30-12-29-17-20(25)27-11-28-21(17)30/h1-5,11-12,14-16,18-19,22,26,31-32H,6-10,24H2,(H,33,34)(H2,25,27,28)/t14-,15-,16+,18+,19+,22+/m0/s1. The minimum atomic E-state index is -1.22. The molecule has 4 rings (SSSR count). The number of carbonyl (C=O) groups is 1. The average molecular weight is 486 g/mol. The fourth-order valence-electron chi connectivity index (χ4n) is 4.40. The number of nitrogen functional groups attached to an aromatic ring is 1. The van der Waals surface area contributed by atoms with Crippen LogP contribution in [0.4, 0.5) is 5.82 Å². The van der Waals surface area contributed by atoms with Gasteiger partial charge in [-0.25, -0.2) is 15.0 Å². The van der Waals surface area contributed by atoms with Gasteiger partial charge >= 0.3 is 5.97 Å². The van der Waals surface area contributed by atoms with Gasteiger partial charge in [-0.05, 0) is 37.3 Å². The Morgan fingerprint density at radius 2 is 1.91 bits per heavy atom. The fourth-order valence-corrected chi connectivity index (χ4v) is 4.40. The number of carboxylic acid groups (broad SMARTS) is 1. The number of nitrogens with two attached hydrogens (primary N) is 2. The predicted octanol–water partition coefficient (Wildman–Crippen LogP) is 0.0159. The molecule has 1 fully saturated rings. The average Bonchev–Trinajstić information content (AvgIpc) is 3.40. The summed E-state index contributed by atoms with van der Waals surface area (Å²) in [6, 6.07) is 8.93. The number of imidazole rings is 1. The second-order valence-electron chi connectivity index (χ2n) is 8.87. The minimum absolute atomic E-state index is 0.0489. The number of aliphatic hydroxyl groups excluding tert-OH is 2. The molecule has 0 amide bonds. The lowest BCUT2D eigenvalue weighted by Crippen LogP contribution is -2.35. The fraction of sp³-hybridized carbons (Fsp3) is 0.478. The van der Waals surface area contributed by atoms with Crippen molar-refractivity contribution in [2.75, 3.05) is 12.3 Å². The van der Waals surface area contributed by atoms with Gasteiger partial charge in [0, 0.05) is 6.54 Å². The number of aliphatic hydroxyl groups is 2. The van der Waals surface area contributed by atoms with Crippen molar-refractivity contribution < 1.29 is 24.9 Å². The van der Waals surface area contributed by atoms with Crippen molar-refractivity contribution in [1.82, 2.24) is 24.8 Å². The summed E-state index contributed by atoms with van der Waals surface area (Å²) in [5, 5.41) is 34.1. The van der Waals surface area contributed by atoms with Crippen molar-refractivity contribution in [3.8, 4) is 0 Å². The maximum atomic E-state index is 11.2. The van der Waals surface area contributed by atoms with Crippen LogP contribution in [0.3, 0.4) is 0 Å². The molecule has 0 saturated carbocycles. The number of hydrogen-bond donors (Lipinski definition) is 6. The van der Waals surface area contributed by atoms with E-state index in [-0.39, 0.29) is 18.2 Å². The van der Waals surface area contributed by atoms with E-state index in [1.54, 1.807) is 0 Å². The van der Waals surface area contributed by atoms with E-state index in [0.29, 0.717) is 37.1 Å². The molecule has 35 heavy (non-hydrogen) atoms. The van der Waals surface area contributed by atoms with Crippen LogP contribution in [0.15, 0.2) is 43.0 Å². The normalized spacial score (nSPS) is 24.0. The van der Waals surface area contributed by atoms with Crippen molar-refractivity contribution in [3.63, 3.8) is 0 Å². The third-order valence-corrected chi connectivity index (χ3v) is 6.37. The van der Waals surface area contributed by atoms with Crippen LogP contribution in [0.5, 0.6) is 0 Å². The van der Waals surface area contributed by atoms with Gasteiger partial charge in [-0.2, -0.15) is 0 Å². The maximum absolute atomic E-state index is 11.2. The molecule has 12 heteroatoms. The number of carboxylic acids is 1. The lowest BCUT2D eigenvalue weighted by atomic mass is 9.92. The summed E-state index contributed by atoms with van der Waals surface area (Å²) in [5.41, 5.74) is 13.5. The van der Waals surface area contributed by atoms with Crippen LogP contribution < -0.4 is 16.8 Å². The highest BCUT2D eigenvalue weighted by Gasteiger charge is 2.45. The third kappa shape index (κ3) is 5.74. The molecule has 1 saturated heterocycles. The van der Waals surface area contributed by atoms with E-state index in [9.17, 15) is 15.0 Å². The highest BCUT2D eigenvalue weighted by atomic mass is 16.6. The second kappa shape index (κ2) is 11.1. The summed E-state index contributed by atoms with van der Waals surface area (Å²) >= 11 is 0. The van der Waals surface area contributed by atoms with Gasteiger partial charge < -0.3 is 36.8 Å². The zero-order valence-corrected chi connectivity index (χ0v) is 19.1. The molecule has 188 valence electrons. The van der Waals surface area contributed by atoms with Crippen molar-refractivity contribution in [2.24, 2.45) is 11.7 Å². The number of rotatable bonds is 11. The van der Waals surface area contributed by atoms with E-state index < -0.39 is 36.6 Å². The molecule has 0 spiro atoms. The van der Waals surface area contributed by atoms with E-state index in [4.69, 9.17) is 21.3 Å². The number of aliphatic carboxylic acids is 1. The molecular formula is C23H31N7O5. The predicted molar refractivity (Wildman–Crippen MR) is 127 cm³/mol. The summed E-state index contributed by atoms with van der Waals surface area (Å²) in [5.74, 6) is -0.897. The molecule has 12 nitrogen and oxygen atoms in total. The van der Waals surface area contributed by atoms with Gasteiger partial charge in [0.1, 0.15) is 30.1 Å². The third-order valence-electron chi connectivity index (χ3n) is 6.37. The highest BCUT2D eigenvalue weighted by molar-refractivity contribution is 5.81. The van der Waals surface area contributed by atoms with Crippen LogP contribution in [-0.4, -0.2) is 71.7 Å². The summed E-state index contributed by atoms with van der Waals surface area (Å²) in [4.78, 5) is 23.5. The Morgan fingerprint density at radius 3 is 2.66 bits per heavy atom. The monoisotopic (exact) mass is 485 g/mol. The summed E-state index contributed by atoms with van der Waals surface area (Å²) in [6.45, 7) is 1.20. The van der Waals surface area contributed by atoms with Crippen molar-refractivity contribution in [2.45, 2.75) is 56.4 Å². The first-order valence-corrected chi connectivity index (χ1v) is 11.5. The first kappa shape index (κ1) is 24.9. The first-order chi connectivity index (χ1) is 16.8. The van der Waals surface area contributed by atoms with Gasteiger partial charge in [0.15, 0.2) is 17.7 Å². The molecule has 3 heterocycles. The molecule has 1 aromatic carbocycles. The Morgan fingerprint density at radius 1 is 1.14 bits per heavy atom. The smallest absolute Gasteiger partial charge is 0.320 e. The molecule has 0 aliphatic carbocycles. The van der Waals surface area contributed by atoms with E-state index in [1.165, 1.54) is 17.2 Å². The van der Waals surface area contributed by atoms with Crippen LogP contribution in [-0.2, 0) is 16.1 Å². The Kier molecular flexibility index (Phi) is 7.88. The quantitative estimate of drug-likeness (QED) is 0.214. The maximum Gasteiger partial charge on any atom is 0.320 e.